The highest BCUT2D eigenvalue weighted by Crippen LogP contribution is 2.32. The number of furan rings is 1. The molecular weight excluding hydrogens is 455 g/mol. The molecule has 0 radical (unpaired) electrons. The van der Waals surface area contributed by atoms with Gasteiger partial charge in [0.05, 0.1) is 9.92 Å². The molecule has 1 fully saturated rings. The van der Waals surface area contributed by atoms with Gasteiger partial charge in [-0.3, -0.25) is 4.79 Å². The fourth-order valence-electron chi connectivity index (χ4n) is 4.29. The molecule has 2 atom stereocenters. The lowest BCUT2D eigenvalue weighted by atomic mass is 9.94. The molecule has 1 N–H and O–H groups in total. The van der Waals surface area contributed by atoms with Crippen molar-refractivity contribution in [2.75, 3.05) is 18.4 Å². The van der Waals surface area contributed by atoms with Gasteiger partial charge in [-0.25, -0.2) is 12.8 Å². The standard InChI is InChI=1S/C23H24ClFN2O4S/c1-13-8-14(2)12-27(11-13)32(29,30)17-5-7-21-18(10-17)15(3)22(31-21)23(28)26-16-4-6-20(25)19(24)9-16/h4-7,9-10,13-14H,8,11-12H2,1-3H3,(H,26,28)/t13-,14+. The molecule has 1 aliphatic heterocycles. The normalized spacial score (nSPS) is 19.9. The third-order valence-corrected chi connectivity index (χ3v) is 7.88. The van der Waals surface area contributed by atoms with E-state index in [1.165, 1.54) is 22.5 Å². The summed E-state index contributed by atoms with van der Waals surface area (Å²) in [6.45, 7) is 6.79. The first-order valence-corrected chi connectivity index (χ1v) is 12.2. The monoisotopic (exact) mass is 478 g/mol. The van der Waals surface area contributed by atoms with Gasteiger partial charge >= 0.3 is 0 Å². The Balaban J connectivity index is 1.65. The number of carbonyl (C=O) groups is 1. The van der Waals surface area contributed by atoms with E-state index in [0.29, 0.717) is 47.1 Å². The number of anilines is 1. The second kappa shape index (κ2) is 8.50. The molecule has 1 saturated heterocycles. The Labute approximate surface area is 191 Å². The summed E-state index contributed by atoms with van der Waals surface area (Å²) in [5.74, 6) is -0.484. The molecule has 4 rings (SSSR count). The third kappa shape index (κ3) is 4.27. The molecule has 32 heavy (non-hydrogen) atoms. The SMILES string of the molecule is Cc1c(C(=O)Nc2ccc(F)c(Cl)c2)oc2ccc(S(=O)(=O)N3C[C@H](C)C[C@H](C)C3)cc12. The molecular formula is C23H24ClFN2O4S. The number of amides is 1. The number of halogens is 2. The van der Waals surface area contributed by atoms with Crippen LogP contribution >= 0.6 is 11.6 Å². The molecule has 2 heterocycles. The van der Waals surface area contributed by atoms with Crippen LogP contribution in [0, 0.1) is 24.6 Å². The summed E-state index contributed by atoms with van der Waals surface area (Å²) < 4.78 is 47.1. The van der Waals surface area contributed by atoms with Crippen LogP contribution in [0.3, 0.4) is 0 Å². The van der Waals surface area contributed by atoms with Gasteiger partial charge in [0.2, 0.25) is 10.0 Å². The minimum absolute atomic E-state index is 0.0511. The summed E-state index contributed by atoms with van der Waals surface area (Å²) in [6, 6.07) is 8.48. The second-order valence-corrected chi connectivity index (χ2v) is 10.9. The number of rotatable bonds is 4. The van der Waals surface area contributed by atoms with E-state index < -0.39 is 21.7 Å². The number of aryl methyl sites for hydroxylation is 1. The quantitative estimate of drug-likeness (QED) is 0.540. The summed E-state index contributed by atoms with van der Waals surface area (Å²) in [6.07, 6.45) is 1.00. The average molecular weight is 479 g/mol. The molecule has 0 spiro atoms. The number of nitrogens with one attached hydrogen (secondary N) is 1. The van der Waals surface area contributed by atoms with Crippen molar-refractivity contribution < 1.29 is 22.0 Å². The van der Waals surface area contributed by atoms with Crippen molar-refractivity contribution in [3.63, 3.8) is 0 Å². The second-order valence-electron chi connectivity index (χ2n) is 8.57. The summed E-state index contributed by atoms with van der Waals surface area (Å²) in [4.78, 5) is 12.9. The number of sulfonamides is 1. The van der Waals surface area contributed by atoms with Crippen molar-refractivity contribution >= 4 is 44.2 Å². The van der Waals surface area contributed by atoms with Crippen molar-refractivity contribution in [1.29, 1.82) is 0 Å². The van der Waals surface area contributed by atoms with Gasteiger partial charge < -0.3 is 9.73 Å². The van der Waals surface area contributed by atoms with E-state index in [9.17, 15) is 17.6 Å². The Morgan fingerprint density at radius 3 is 2.50 bits per heavy atom. The Hall–Kier alpha value is -2.42. The van der Waals surface area contributed by atoms with Crippen molar-refractivity contribution in [2.24, 2.45) is 11.8 Å². The summed E-state index contributed by atoms with van der Waals surface area (Å²) in [7, 11) is -3.66. The number of hydrogen-bond donors (Lipinski definition) is 1. The molecule has 9 heteroatoms. The van der Waals surface area contributed by atoms with E-state index in [4.69, 9.17) is 16.0 Å². The molecule has 0 aliphatic carbocycles. The van der Waals surface area contributed by atoms with E-state index in [1.807, 2.05) is 0 Å². The number of carbonyl (C=O) groups excluding carboxylic acids is 1. The zero-order chi connectivity index (χ0) is 23.2. The molecule has 0 saturated carbocycles. The van der Waals surface area contributed by atoms with Gasteiger partial charge in [0.25, 0.3) is 5.91 Å². The maximum Gasteiger partial charge on any atom is 0.291 e. The van der Waals surface area contributed by atoms with E-state index in [0.717, 1.165) is 12.5 Å². The zero-order valence-corrected chi connectivity index (χ0v) is 19.6. The van der Waals surface area contributed by atoms with E-state index >= 15 is 0 Å². The predicted molar refractivity (Wildman–Crippen MR) is 122 cm³/mol. The first-order chi connectivity index (χ1) is 15.1. The van der Waals surface area contributed by atoms with Gasteiger partial charge in [-0.15, -0.1) is 0 Å². The van der Waals surface area contributed by atoms with Crippen LogP contribution in [-0.2, 0) is 10.0 Å². The topological polar surface area (TPSA) is 79.6 Å². The van der Waals surface area contributed by atoms with Gasteiger partial charge in [0, 0.05) is 29.7 Å². The largest absolute Gasteiger partial charge is 0.451 e. The fourth-order valence-corrected chi connectivity index (χ4v) is 6.18. The Morgan fingerprint density at radius 1 is 1.16 bits per heavy atom. The number of fused-ring (bicyclic) bond motifs is 1. The lowest BCUT2D eigenvalue weighted by Gasteiger charge is -2.34. The predicted octanol–water partition coefficient (Wildman–Crippen LogP) is 5.45. The maximum atomic E-state index is 13.4. The Kier molecular flexibility index (Phi) is 6.04. The number of piperidine rings is 1. The Bertz CT molecular complexity index is 1290. The highest BCUT2D eigenvalue weighted by Gasteiger charge is 2.32. The third-order valence-electron chi connectivity index (χ3n) is 5.76. The number of hydrogen-bond acceptors (Lipinski definition) is 4. The van der Waals surface area contributed by atoms with Crippen LogP contribution in [0.2, 0.25) is 5.02 Å². The van der Waals surface area contributed by atoms with Gasteiger partial charge in [-0.2, -0.15) is 4.31 Å². The molecule has 170 valence electrons. The molecule has 0 unspecified atom stereocenters. The van der Waals surface area contributed by atoms with Crippen molar-refractivity contribution in [2.45, 2.75) is 32.1 Å². The van der Waals surface area contributed by atoms with Crippen LogP contribution in [0.25, 0.3) is 11.0 Å². The van der Waals surface area contributed by atoms with Crippen molar-refractivity contribution in [3.8, 4) is 0 Å². The molecule has 2 aromatic carbocycles. The first kappa shape index (κ1) is 22.8. The number of nitrogens with zero attached hydrogens (tertiary/aromatic N) is 1. The van der Waals surface area contributed by atoms with Gasteiger partial charge in [0.15, 0.2) is 5.76 Å². The minimum Gasteiger partial charge on any atom is -0.451 e. The smallest absolute Gasteiger partial charge is 0.291 e. The van der Waals surface area contributed by atoms with E-state index in [1.54, 1.807) is 19.1 Å². The highest BCUT2D eigenvalue weighted by atomic mass is 35.5. The molecule has 1 aliphatic rings. The van der Waals surface area contributed by atoms with Gasteiger partial charge in [0.1, 0.15) is 11.4 Å². The maximum absolute atomic E-state index is 13.4. The summed E-state index contributed by atoms with van der Waals surface area (Å²) in [5, 5.41) is 3.06. The van der Waals surface area contributed by atoms with Crippen LogP contribution in [-0.4, -0.2) is 31.7 Å². The molecule has 1 amide bonds. The lowest BCUT2D eigenvalue weighted by Crippen LogP contribution is -2.42. The Morgan fingerprint density at radius 2 is 1.84 bits per heavy atom. The molecule has 6 nitrogen and oxygen atoms in total. The van der Waals surface area contributed by atoms with Crippen molar-refractivity contribution in [1.82, 2.24) is 4.31 Å². The fraction of sp³-hybridized carbons (Fsp3) is 0.348. The average Bonchev–Trinajstić information content (AvgIpc) is 3.06. The zero-order valence-electron chi connectivity index (χ0n) is 18.0. The first-order valence-electron chi connectivity index (χ1n) is 10.4. The summed E-state index contributed by atoms with van der Waals surface area (Å²) in [5.41, 5.74) is 1.24. The molecule has 0 bridgehead atoms. The van der Waals surface area contributed by atoms with E-state index in [2.05, 4.69) is 19.2 Å². The van der Waals surface area contributed by atoms with Crippen LogP contribution in [0.15, 0.2) is 45.7 Å². The molecule has 1 aromatic heterocycles. The van der Waals surface area contributed by atoms with Crippen LogP contribution in [0.1, 0.15) is 36.4 Å². The summed E-state index contributed by atoms with van der Waals surface area (Å²) >= 11 is 5.77. The van der Waals surface area contributed by atoms with Gasteiger partial charge in [-0.05, 0) is 61.6 Å². The highest BCUT2D eigenvalue weighted by molar-refractivity contribution is 7.89. The van der Waals surface area contributed by atoms with Crippen LogP contribution in [0.5, 0.6) is 0 Å². The van der Waals surface area contributed by atoms with Crippen LogP contribution < -0.4 is 5.32 Å². The molecule has 3 aromatic rings. The van der Waals surface area contributed by atoms with Crippen molar-refractivity contribution in [3.05, 3.63) is 58.6 Å². The number of benzene rings is 2. The van der Waals surface area contributed by atoms with Gasteiger partial charge in [-0.1, -0.05) is 25.4 Å². The van der Waals surface area contributed by atoms with Crippen LogP contribution in [0.4, 0.5) is 10.1 Å². The van der Waals surface area contributed by atoms with E-state index in [-0.39, 0.29) is 15.7 Å². The minimum atomic E-state index is -3.66. The lowest BCUT2D eigenvalue weighted by molar-refractivity contribution is 0.0998.